The summed E-state index contributed by atoms with van der Waals surface area (Å²) in [6.45, 7) is 9.39. The highest BCUT2D eigenvalue weighted by Crippen LogP contribution is 2.31. The Morgan fingerprint density at radius 2 is 1.86 bits per heavy atom. The van der Waals surface area contributed by atoms with Crippen LogP contribution in [0.4, 0.5) is 18.9 Å². The van der Waals surface area contributed by atoms with E-state index in [0.717, 1.165) is 37.2 Å². The van der Waals surface area contributed by atoms with Crippen molar-refractivity contribution in [2.75, 3.05) is 18.4 Å². The van der Waals surface area contributed by atoms with E-state index in [1.165, 1.54) is 18.0 Å². The molecule has 0 aliphatic carbocycles. The number of halogens is 4. The van der Waals surface area contributed by atoms with Gasteiger partial charge in [-0.3, -0.25) is 4.79 Å². The molecule has 2 aromatic carbocycles. The van der Waals surface area contributed by atoms with E-state index in [-0.39, 0.29) is 11.3 Å². The number of carbonyl (C=O) groups excluding carboxylic acids is 1. The number of nitrogens with one attached hydrogen (secondary N) is 1. The average molecular weight is 429 g/mol. The second-order valence-corrected chi connectivity index (χ2v) is 7.72. The molecule has 8 heteroatoms. The van der Waals surface area contributed by atoms with Crippen LogP contribution in [-0.4, -0.2) is 23.3 Å². The zero-order chi connectivity index (χ0) is 20.8. The van der Waals surface area contributed by atoms with Gasteiger partial charge < -0.3 is 5.32 Å². The Morgan fingerprint density at radius 1 is 1.21 bits per heavy atom. The smallest absolute Gasteiger partial charge is 0.255 e. The van der Waals surface area contributed by atoms with Crippen LogP contribution in [0.25, 0.3) is 0 Å². The van der Waals surface area contributed by atoms with Crippen molar-refractivity contribution in [2.45, 2.75) is 25.2 Å². The molecule has 0 fully saturated rings. The molecule has 0 atom stereocenters. The summed E-state index contributed by atoms with van der Waals surface area (Å²) in [4.78, 5) is 13.1. The van der Waals surface area contributed by atoms with Crippen molar-refractivity contribution < 1.29 is 18.0 Å². The maximum Gasteiger partial charge on any atom is 0.255 e. The first-order chi connectivity index (χ1) is 13.2. The molecule has 150 valence electrons. The first-order valence-corrected chi connectivity index (χ1v) is 9.69. The predicted molar refractivity (Wildman–Crippen MR) is 108 cm³/mol. The molecule has 1 amide bonds. The van der Waals surface area contributed by atoms with E-state index >= 15 is 0 Å². The van der Waals surface area contributed by atoms with Crippen molar-refractivity contribution in [3.05, 3.63) is 70.5 Å². The van der Waals surface area contributed by atoms with Gasteiger partial charge >= 0.3 is 0 Å². The van der Waals surface area contributed by atoms with Crippen LogP contribution in [0.3, 0.4) is 0 Å². The molecule has 0 saturated heterocycles. The van der Waals surface area contributed by atoms with E-state index in [1.54, 1.807) is 12.1 Å². The van der Waals surface area contributed by atoms with E-state index in [4.69, 9.17) is 11.6 Å². The Balaban J connectivity index is 2.17. The number of hydrogen-bond donors (Lipinski definition) is 1. The Labute approximate surface area is 171 Å². The van der Waals surface area contributed by atoms with Crippen LogP contribution >= 0.6 is 23.5 Å². The van der Waals surface area contributed by atoms with Gasteiger partial charge in [0.2, 0.25) is 0 Å². The maximum absolute atomic E-state index is 13.3. The SMILES string of the molecule is C=C(C)CCN(CC)Sc1cc(C(=O)Nc2cc(F)c(F)c(F)c2)ccc1Cl. The summed E-state index contributed by atoms with van der Waals surface area (Å²) in [5.41, 5.74) is 1.15. The number of rotatable bonds is 8. The van der Waals surface area contributed by atoms with E-state index in [2.05, 4.69) is 16.2 Å². The number of hydrogen-bond acceptors (Lipinski definition) is 3. The van der Waals surface area contributed by atoms with E-state index < -0.39 is 23.4 Å². The van der Waals surface area contributed by atoms with Crippen LogP contribution in [0.15, 0.2) is 47.4 Å². The average Bonchev–Trinajstić information content (AvgIpc) is 2.64. The fourth-order valence-electron chi connectivity index (χ4n) is 2.27. The predicted octanol–water partition coefficient (Wildman–Crippen LogP) is 6.30. The number of nitrogens with zero attached hydrogens (tertiary/aromatic N) is 1. The molecule has 0 saturated carbocycles. The molecular formula is C20H20ClF3N2OS. The molecule has 0 heterocycles. The molecule has 0 aromatic heterocycles. The highest BCUT2D eigenvalue weighted by atomic mass is 35.5. The second kappa shape index (κ2) is 10.0. The lowest BCUT2D eigenvalue weighted by atomic mass is 10.2. The number of carbonyl (C=O) groups is 1. The van der Waals surface area contributed by atoms with Crippen LogP contribution in [0, 0.1) is 17.5 Å². The van der Waals surface area contributed by atoms with Gasteiger partial charge in [0.25, 0.3) is 5.91 Å². The van der Waals surface area contributed by atoms with Gasteiger partial charge in [-0.1, -0.05) is 24.1 Å². The summed E-state index contributed by atoms with van der Waals surface area (Å²) in [5, 5.41) is 2.84. The second-order valence-electron chi connectivity index (χ2n) is 6.17. The molecule has 0 spiro atoms. The molecule has 3 nitrogen and oxygen atoms in total. The first kappa shape index (κ1) is 22.3. The zero-order valence-corrected chi connectivity index (χ0v) is 17.1. The molecule has 1 N–H and O–H groups in total. The molecule has 0 radical (unpaired) electrons. The minimum Gasteiger partial charge on any atom is -0.322 e. The Morgan fingerprint density at radius 3 is 2.43 bits per heavy atom. The third-order valence-electron chi connectivity index (χ3n) is 3.80. The quantitative estimate of drug-likeness (QED) is 0.304. The monoisotopic (exact) mass is 428 g/mol. The van der Waals surface area contributed by atoms with Gasteiger partial charge in [0.1, 0.15) is 0 Å². The van der Waals surface area contributed by atoms with Crippen LogP contribution in [0.2, 0.25) is 5.02 Å². The summed E-state index contributed by atoms with van der Waals surface area (Å²) in [5.74, 6) is -4.93. The minimum atomic E-state index is -1.59. The molecular weight excluding hydrogens is 409 g/mol. The van der Waals surface area contributed by atoms with Gasteiger partial charge in [-0.25, -0.2) is 17.5 Å². The normalized spacial score (nSPS) is 11.0. The molecule has 0 aliphatic rings. The van der Waals surface area contributed by atoms with Crippen molar-refractivity contribution in [1.29, 1.82) is 0 Å². The lowest BCUT2D eigenvalue weighted by Gasteiger charge is -2.20. The molecule has 0 bridgehead atoms. The van der Waals surface area contributed by atoms with Gasteiger partial charge in [0.15, 0.2) is 17.5 Å². The minimum absolute atomic E-state index is 0.179. The topological polar surface area (TPSA) is 32.3 Å². The van der Waals surface area contributed by atoms with Crippen molar-refractivity contribution >= 4 is 35.1 Å². The summed E-state index contributed by atoms with van der Waals surface area (Å²) in [7, 11) is 0. The highest BCUT2D eigenvalue weighted by Gasteiger charge is 2.15. The first-order valence-electron chi connectivity index (χ1n) is 8.54. The number of benzene rings is 2. The Hall–Kier alpha value is -1.96. The molecule has 0 unspecified atom stereocenters. The van der Waals surface area contributed by atoms with E-state index in [1.807, 2.05) is 13.8 Å². The lowest BCUT2D eigenvalue weighted by molar-refractivity contribution is 0.102. The van der Waals surface area contributed by atoms with Crippen LogP contribution in [0.5, 0.6) is 0 Å². The molecule has 2 rings (SSSR count). The van der Waals surface area contributed by atoms with Gasteiger partial charge in [0.05, 0.1) is 5.02 Å². The van der Waals surface area contributed by atoms with Gasteiger partial charge in [-0.05, 0) is 43.5 Å². The molecule has 28 heavy (non-hydrogen) atoms. The maximum atomic E-state index is 13.3. The Bertz CT molecular complexity index is 869. The number of anilines is 1. The fraction of sp³-hybridized carbons (Fsp3) is 0.250. The van der Waals surface area contributed by atoms with Crippen LogP contribution < -0.4 is 5.32 Å². The largest absolute Gasteiger partial charge is 0.322 e. The zero-order valence-electron chi connectivity index (χ0n) is 15.5. The lowest BCUT2D eigenvalue weighted by Crippen LogP contribution is -2.17. The summed E-state index contributed by atoms with van der Waals surface area (Å²) in [6, 6.07) is 6.12. The van der Waals surface area contributed by atoms with Crippen LogP contribution in [-0.2, 0) is 0 Å². The van der Waals surface area contributed by atoms with E-state index in [9.17, 15) is 18.0 Å². The van der Waals surface area contributed by atoms with Gasteiger partial charge in [-0.15, -0.1) is 6.58 Å². The third kappa shape index (κ3) is 6.02. The summed E-state index contributed by atoms with van der Waals surface area (Å²) >= 11 is 7.66. The third-order valence-corrected chi connectivity index (χ3v) is 5.48. The highest BCUT2D eigenvalue weighted by molar-refractivity contribution is 7.97. The standard InChI is InChI=1S/C20H20ClF3N2OS/c1-4-26(8-7-12(2)3)28-18-9-13(5-6-15(18)21)20(27)25-14-10-16(22)19(24)17(23)11-14/h5-6,9-11H,2,4,7-8H2,1,3H3,(H,25,27). The van der Waals surface area contributed by atoms with Gasteiger partial charge in [0, 0.05) is 41.4 Å². The molecule has 2 aromatic rings. The fourth-order valence-corrected chi connectivity index (χ4v) is 3.41. The van der Waals surface area contributed by atoms with Crippen molar-refractivity contribution in [3.63, 3.8) is 0 Å². The Kier molecular flexibility index (Phi) is 7.98. The summed E-state index contributed by atoms with van der Waals surface area (Å²) in [6.07, 6.45) is 0.834. The van der Waals surface area contributed by atoms with Gasteiger partial charge in [-0.2, -0.15) is 0 Å². The van der Waals surface area contributed by atoms with Crippen LogP contribution in [0.1, 0.15) is 30.6 Å². The summed E-state index contributed by atoms with van der Waals surface area (Å²) < 4.78 is 41.8. The van der Waals surface area contributed by atoms with Crippen molar-refractivity contribution in [3.8, 4) is 0 Å². The number of amides is 1. The molecule has 0 aliphatic heterocycles. The van der Waals surface area contributed by atoms with Crippen molar-refractivity contribution in [1.82, 2.24) is 4.31 Å². The van der Waals surface area contributed by atoms with E-state index in [0.29, 0.717) is 9.92 Å². The van der Waals surface area contributed by atoms with Crippen molar-refractivity contribution in [2.24, 2.45) is 0 Å².